The van der Waals surface area contributed by atoms with Crippen LogP contribution in [0.4, 0.5) is 0 Å². The summed E-state index contributed by atoms with van der Waals surface area (Å²) in [4.78, 5) is 34.5. The summed E-state index contributed by atoms with van der Waals surface area (Å²) in [6, 6.07) is 0. The van der Waals surface area contributed by atoms with Gasteiger partial charge in [-0.05, 0) is 38.0 Å². The molecule has 0 aromatic heterocycles. The van der Waals surface area contributed by atoms with Crippen LogP contribution < -0.4 is 0 Å². The van der Waals surface area contributed by atoms with E-state index in [4.69, 9.17) is 5.11 Å². The molecule has 0 aromatic carbocycles. The molecule has 5 heteroatoms. The van der Waals surface area contributed by atoms with Gasteiger partial charge in [0.2, 0.25) is 0 Å². The normalized spacial score (nSPS) is 23.4. The zero-order chi connectivity index (χ0) is 18.7. The number of carbonyl (C=O) groups is 3. The number of aliphatic carboxylic acids is 1. The van der Waals surface area contributed by atoms with Crippen LogP contribution in [-0.4, -0.2) is 33.9 Å². The Morgan fingerprint density at radius 3 is 2.56 bits per heavy atom. The molecular weight excluding hydrogens is 320 g/mol. The van der Waals surface area contributed by atoms with Crippen LogP contribution in [0.2, 0.25) is 0 Å². The molecule has 0 aliphatic heterocycles. The Balaban J connectivity index is 2.39. The summed E-state index contributed by atoms with van der Waals surface area (Å²) in [6.45, 7) is 2.10. The lowest BCUT2D eigenvalue weighted by Crippen LogP contribution is -2.21. The number of carboxylic acids is 1. The van der Waals surface area contributed by atoms with E-state index >= 15 is 0 Å². The van der Waals surface area contributed by atoms with Crippen molar-refractivity contribution in [1.82, 2.24) is 0 Å². The van der Waals surface area contributed by atoms with Crippen LogP contribution in [0.15, 0.2) is 12.2 Å². The van der Waals surface area contributed by atoms with Gasteiger partial charge in [-0.15, -0.1) is 0 Å². The van der Waals surface area contributed by atoms with Gasteiger partial charge in [0.1, 0.15) is 11.6 Å². The van der Waals surface area contributed by atoms with Crippen molar-refractivity contribution in [2.24, 2.45) is 11.8 Å². The molecule has 0 radical (unpaired) electrons. The van der Waals surface area contributed by atoms with Crippen molar-refractivity contribution in [2.45, 2.75) is 83.7 Å². The molecule has 1 fully saturated rings. The van der Waals surface area contributed by atoms with E-state index in [1.165, 1.54) is 0 Å². The quantitative estimate of drug-likeness (QED) is 0.390. The van der Waals surface area contributed by atoms with Gasteiger partial charge in [0, 0.05) is 31.6 Å². The highest BCUT2D eigenvalue weighted by Gasteiger charge is 2.40. The van der Waals surface area contributed by atoms with Gasteiger partial charge in [-0.3, -0.25) is 14.4 Å². The zero-order valence-electron chi connectivity index (χ0n) is 15.3. The van der Waals surface area contributed by atoms with Gasteiger partial charge in [0.25, 0.3) is 0 Å². The van der Waals surface area contributed by atoms with Crippen LogP contribution in [0.1, 0.15) is 77.6 Å². The lowest BCUT2D eigenvalue weighted by Gasteiger charge is -2.19. The van der Waals surface area contributed by atoms with Gasteiger partial charge < -0.3 is 10.2 Å². The second-order valence-corrected chi connectivity index (χ2v) is 7.04. The first-order valence-corrected chi connectivity index (χ1v) is 9.55. The average molecular weight is 352 g/mol. The van der Waals surface area contributed by atoms with E-state index in [0.29, 0.717) is 38.5 Å². The van der Waals surface area contributed by atoms with Crippen LogP contribution >= 0.6 is 0 Å². The molecule has 1 aliphatic rings. The molecule has 0 bridgehead atoms. The summed E-state index contributed by atoms with van der Waals surface area (Å²) in [7, 11) is 0. The van der Waals surface area contributed by atoms with Crippen molar-refractivity contribution in [3.05, 3.63) is 12.2 Å². The molecule has 0 spiro atoms. The number of allylic oxidation sites excluding steroid dienone is 2. The van der Waals surface area contributed by atoms with E-state index < -0.39 is 12.1 Å². The van der Waals surface area contributed by atoms with Crippen molar-refractivity contribution in [2.75, 3.05) is 0 Å². The van der Waals surface area contributed by atoms with Crippen LogP contribution in [-0.2, 0) is 14.4 Å². The topological polar surface area (TPSA) is 91.7 Å². The number of rotatable bonds is 13. The van der Waals surface area contributed by atoms with Gasteiger partial charge in [-0.2, -0.15) is 0 Å². The van der Waals surface area contributed by atoms with Crippen LogP contribution in [0.5, 0.6) is 0 Å². The van der Waals surface area contributed by atoms with E-state index in [-0.39, 0.29) is 36.2 Å². The van der Waals surface area contributed by atoms with Gasteiger partial charge in [0.05, 0.1) is 6.10 Å². The Morgan fingerprint density at radius 1 is 1.12 bits per heavy atom. The van der Waals surface area contributed by atoms with Gasteiger partial charge in [-0.1, -0.05) is 31.9 Å². The zero-order valence-corrected chi connectivity index (χ0v) is 15.3. The predicted octanol–water partition coefficient (Wildman–Crippen LogP) is 3.68. The standard InChI is InChI=1S/C20H32O5/c1-2-3-6-9-15(21)12-13-17-16(18(22)14-19(17)23)10-7-4-5-8-11-20(24)25/h4,7,16-17,19,23H,2-3,5-6,8-14H2,1H3,(H,24,25)/b7-4-/t16?,17-,19-/m1/s1. The number of unbranched alkanes of at least 4 members (excludes halogenated alkanes) is 3. The summed E-state index contributed by atoms with van der Waals surface area (Å²) in [5.41, 5.74) is 0. The van der Waals surface area contributed by atoms with Crippen molar-refractivity contribution in [1.29, 1.82) is 0 Å². The number of ketones is 2. The van der Waals surface area contributed by atoms with Crippen LogP contribution in [0.25, 0.3) is 0 Å². The third-order valence-corrected chi connectivity index (χ3v) is 4.97. The number of Topliss-reactive ketones (excluding diaryl/α,β-unsaturated/α-hetero) is 2. The fraction of sp³-hybridized carbons (Fsp3) is 0.750. The molecule has 1 aliphatic carbocycles. The number of hydrogen-bond donors (Lipinski definition) is 2. The SMILES string of the molecule is CCCCCC(=O)CC[C@@H]1C(C/C=C\CCCC(=O)O)C(=O)C[C@H]1O. The van der Waals surface area contributed by atoms with E-state index in [1.807, 2.05) is 12.2 Å². The molecule has 142 valence electrons. The molecule has 1 saturated carbocycles. The van der Waals surface area contributed by atoms with E-state index in [0.717, 1.165) is 19.3 Å². The molecular formula is C20H32O5. The smallest absolute Gasteiger partial charge is 0.303 e. The molecule has 2 N–H and O–H groups in total. The Morgan fingerprint density at radius 2 is 1.88 bits per heavy atom. The third kappa shape index (κ3) is 8.43. The Bertz CT molecular complexity index is 469. The number of carboxylic acid groups (broad SMARTS) is 1. The molecule has 0 amide bonds. The second kappa shape index (κ2) is 12.0. The molecule has 3 atom stereocenters. The van der Waals surface area contributed by atoms with Gasteiger partial charge in [-0.25, -0.2) is 0 Å². The fourth-order valence-electron chi connectivity index (χ4n) is 3.47. The summed E-state index contributed by atoms with van der Waals surface area (Å²) in [6.07, 6.45) is 10.0. The molecule has 25 heavy (non-hydrogen) atoms. The summed E-state index contributed by atoms with van der Waals surface area (Å²) in [5.74, 6) is -0.847. The average Bonchev–Trinajstić information content (AvgIpc) is 2.82. The number of aliphatic hydroxyl groups is 1. The summed E-state index contributed by atoms with van der Waals surface area (Å²) in [5, 5.41) is 18.7. The maximum atomic E-state index is 12.1. The number of hydrogen-bond acceptors (Lipinski definition) is 4. The maximum absolute atomic E-state index is 12.1. The lowest BCUT2D eigenvalue weighted by atomic mass is 9.86. The van der Waals surface area contributed by atoms with Crippen molar-refractivity contribution in [3.8, 4) is 0 Å². The van der Waals surface area contributed by atoms with Crippen molar-refractivity contribution in [3.63, 3.8) is 0 Å². The Kier molecular flexibility index (Phi) is 10.3. The molecule has 0 aromatic rings. The predicted molar refractivity (Wildman–Crippen MR) is 96.2 cm³/mol. The molecule has 0 saturated heterocycles. The maximum Gasteiger partial charge on any atom is 0.303 e. The fourth-order valence-corrected chi connectivity index (χ4v) is 3.47. The van der Waals surface area contributed by atoms with Crippen molar-refractivity contribution >= 4 is 17.5 Å². The van der Waals surface area contributed by atoms with E-state index in [9.17, 15) is 19.5 Å². The molecule has 5 nitrogen and oxygen atoms in total. The Labute approximate surface area is 150 Å². The van der Waals surface area contributed by atoms with E-state index in [1.54, 1.807) is 0 Å². The van der Waals surface area contributed by atoms with Gasteiger partial charge >= 0.3 is 5.97 Å². The van der Waals surface area contributed by atoms with Crippen LogP contribution in [0, 0.1) is 11.8 Å². The first kappa shape index (κ1) is 21.6. The van der Waals surface area contributed by atoms with Gasteiger partial charge in [0.15, 0.2) is 0 Å². The van der Waals surface area contributed by atoms with E-state index in [2.05, 4.69) is 6.92 Å². The van der Waals surface area contributed by atoms with Crippen molar-refractivity contribution < 1.29 is 24.6 Å². The largest absolute Gasteiger partial charge is 0.481 e. The molecule has 0 heterocycles. The monoisotopic (exact) mass is 352 g/mol. The highest BCUT2D eigenvalue weighted by Crippen LogP contribution is 2.35. The number of aliphatic hydroxyl groups excluding tert-OH is 1. The first-order valence-electron chi connectivity index (χ1n) is 9.55. The minimum absolute atomic E-state index is 0.0751. The highest BCUT2D eigenvalue weighted by atomic mass is 16.4. The Hall–Kier alpha value is -1.49. The minimum Gasteiger partial charge on any atom is -0.481 e. The van der Waals surface area contributed by atoms with Crippen LogP contribution in [0.3, 0.4) is 0 Å². The summed E-state index contributed by atoms with van der Waals surface area (Å²) >= 11 is 0. The molecule has 1 rings (SSSR count). The summed E-state index contributed by atoms with van der Waals surface area (Å²) < 4.78 is 0. The number of carbonyl (C=O) groups excluding carboxylic acids is 2. The first-order chi connectivity index (χ1) is 12.0. The lowest BCUT2D eigenvalue weighted by molar-refractivity contribution is -0.137. The highest BCUT2D eigenvalue weighted by molar-refractivity contribution is 5.84. The molecule has 1 unspecified atom stereocenters. The minimum atomic E-state index is -0.800. The second-order valence-electron chi connectivity index (χ2n) is 7.04. The third-order valence-electron chi connectivity index (χ3n) is 4.97.